The molecule has 0 unspecified atom stereocenters. The van der Waals surface area contributed by atoms with E-state index in [1.807, 2.05) is 104 Å². The molecule has 111 heavy (non-hydrogen) atoms. The van der Waals surface area contributed by atoms with Crippen LogP contribution < -0.4 is 70.5 Å². The molecule has 618 valence electrons. The van der Waals surface area contributed by atoms with Crippen molar-refractivity contribution >= 4 is 21.8 Å². The molecule has 9 aromatic heterocycles. The first-order valence-corrected chi connectivity index (χ1v) is 31.4. The number of hydrogen-bond donors (Lipinski definition) is 0. The Bertz CT molecular complexity index is 3570. The predicted molar refractivity (Wildman–Crippen MR) is 367 cm³/mol. The van der Waals surface area contributed by atoms with E-state index < -0.39 is 21.8 Å². The fourth-order valence-electron chi connectivity index (χ4n) is 8.45. The van der Waals surface area contributed by atoms with Gasteiger partial charge in [-0.2, -0.15) is 15.8 Å². The summed E-state index contributed by atoms with van der Waals surface area (Å²) in [5, 5.41) is 22.9. The van der Waals surface area contributed by atoms with E-state index in [2.05, 4.69) is 48.9 Å². The van der Waals surface area contributed by atoms with Gasteiger partial charge in [0.2, 0.25) is 19.0 Å². The van der Waals surface area contributed by atoms with E-state index in [9.17, 15) is 51.8 Å². The normalized spacial score (nSPS) is 9.84. The number of ether oxygens (including phenoxy) is 12. The second-order valence-electron chi connectivity index (χ2n) is 19.9. The number of hydrogen-bond acceptors (Lipinski definition) is 21. The summed E-state index contributed by atoms with van der Waals surface area (Å²) in [4.78, 5) is 26.4. The average molecular weight is 1730 g/mol. The van der Waals surface area contributed by atoms with Crippen molar-refractivity contribution in [2.75, 3.05) is 85.3 Å². The van der Waals surface area contributed by atoms with Gasteiger partial charge in [0.25, 0.3) is 0 Å². The van der Waals surface area contributed by atoms with Gasteiger partial charge in [0.1, 0.15) is 73.4 Å². The summed E-state index contributed by atoms with van der Waals surface area (Å²) in [6, 6.07) is 16.4. The maximum Gasteiger partial charge on any atom is 1.00 e. The Hall–Kier alpha value is -10.5. The molecule has 0 aliphatic rings. The van der Waals surface area contributed by atoms with E-state index in [0.717, 1.165) is 34.2 Å². The van der Waals surface area contributed by atoms with Crippen molar-refractivity contribution in [2.45, 2.75) is 79.3 Å². The molecular weight excluding hydrogens is 1650 g/mol. The molecule has 0 atom stereocenters. The molecule has 0 amide bonds. The summed E-state index contributed by atoms with van der Waals surface area (Å²) in [6.07, 6.45) is 33.2. The Morgan fingerprint density at radius 3 is 0.613 bits per heavy atom. The minimum atomic E-state index is -6.00. The summed E-state index contributed by atoms with van der Waals surface area (Å²) in [5.41, 5.74) is 4.54. The number of nitriles is 3. The van der Waals surface area contributed by atoms with Crippen LogP contribution in [0.5, 0.6) is 69.0 Å². The number of halogens is 12. The topological polar surface area (TPSA) is 286 Å². The van der Waals surface area contributed by atoms with Crippen molar-refractivity contribution in [3.63, 3.8) is 0 Å². The number of pyridine rings is 6. The molecular formula is C66H81B3Cu3F12N15O12. The third-order valence-corrected chi connectivity index (χ3v) is 12.6. The molecule has 0 aromatic carbocycles. The van der Waals surface area contributed by atoms with E-state index in [-0.39, 0.29) is 51.2 Å². The van der Waals surface area contributed by atoms with Gasteiger partial charge in [0.05, 0.1) is 104 Å². The maximum absolute atomic E-state index is 9.75. The van der Waals surface area contributed by atoms with Gasteiger partial charge in [-0.15, -0.1) is 0 Å². The van der Waals surface area contributed by atoms with Crippen LogP contribution in [-0.2, 0) is 90.5 Å². The van der Waals surface area contributed by atoms with Gasteiger partial charge in [-0.05, 0) is 37.2 Å². The zero-order valence-electron chi connectivity index (χ0n) is 62.5. The van der Waals surface area contributed by atoms with Crippen molar-refractivity contribution in [3.8, 4) is 87.2 Å². The fraction of sp³-hybridized carbons (Fsp3) is 0.364. The Morgan fingerprint density at radius 2 is 0.468 bits per heavy atom. The summed E-state index contributed by atoms with van der Waals surface area (Å²) < 4.78 is 193. The van der Waals surface area contributed by atoms with Gasteiger partial charge < -0.3 is 136 Å². The van der Waals surface area contributed by atoms with Gasteiger partial charge in [-0.25, -0.2) is 0 Å². The first kappa shape index (κ1) is 105. The van der Waals surface area contributed by atoms with Crippen LogP contribution in [0.15, 0.2) is 111 Å². The quantitative estimate of drug-likeness (QED) is 0.0235. The summed E-state index contributed by atoms with van der Waals surface area (Å²) in [7, 11) is 1.22. The van der Waals surface area contributed by atoms with E-state index in [4.69, 9.17) is 72.6 Å². The van der Waals surface area contributed by atoms with Crippen LogP contribution in [0.25, 0.3) is 0 Å². The molecule has 9 heterocycles. The van der Waals surface area contributed by atoms with Gasteiger partial charge >= 0.3 is 73.0 Å². The Kier molecular flexibility index (Phi) is 53.5. The average Bonchev–Trinajstić information content (AvgIpc) is 1.76. The summed E-state index contributed by atoms with van der Waals surface area (Å²) >= 11 is 0. The van der Waals surface area contributed by atoms with Crippen LogP contribution >= 0.6 is 0 Å². The van der Waals surface area contributed by atoms with Crippen LogP contribution in [0.1, 0.15) is 74.2 Å². The molecule has 45 heteroatoms. The van der Waals surface area contributed by atoms with Crippen molar-refractivity contribution in [2.24, 2.45) is 0 Å². The van der Waals surface area contributed by atoms with Gasteiger partial charge in [0, 0.05) is 92.8 Å². The molecule has 0 bridgehead atoms. The smallest absolute Gasteiger partial charge is 0.493 e. The van der Waals surface area contributed by atoms with Crippen molar-refractivity contribution in [1.29, 1.82) is 15.8 Å². The Labute approximate surface area is 667 Å². The molecule has 27 nitrogen and oxygen atoms in total. The van der Waals surface area contributed by atoms with Crippen LogP contribution in [0, 0.1) is 53.0 Å². The SMILES string of the molecule is CCC#N.CCC#N.CCC#N.COc1ccnc(Cn2[c-][n+](Cc3nccc(OC)c3OC)cc2)c1OC.COc1ccnc(Cn2[c-][n+](Cc3nccc(OC)c3OC)cc2)c1OC.COc1ccnc(Cn2[c-][n+](Cc3nccc(OC)c3OC)cc2)c1OC.F[B-](F)(F)F.F[B-](F)(F)F.F[B-](F)(F)F.[Cu+].[Cu+].[Cu+]. The fourth-order valence-corrected chi connectivity index (χ4v) is 8.45. The van der Waals surface area contributed by atoms with Gasteiger partial charge in [0.15, 0.2) is 69.0 Å². The molecule has 0 aliphatic carbocycles. The van der Waals surface area contributed by atoms with Gasteiger partial charge in [-0.1, -0.05) is 20.8 Å². The third-order valence-electron chi connectivity index (χ3n) is 12.6. The van der Waals surface area contributed by atoms with Crippen molar-refractivity contribution in [3.05, 3.63) is 164 Å². The number of nitrogens with zero attached hydrogens (tertiary/aromatic N) is 15. The number of imidazole rings is 3. The van der Waals surface area contributed by atoms with E-state index in [0.29, 0.717) is 128 Å². The summed E-state index contributed by atoms with van der Waals surface area (Å²) in [5.74, 6) is 7.57. The summed E-state index contributed by atoms with van der Waals surface area (Å²) in [6.45, 7) is 8.43. The first-order chi connectivity index (χ1) is 51.3. The van der Waals surface area contributed by atoms with E-state index in [1.165, 1.54) is 0 Å². The van der Waals surface area contributed by atoms with Crippen molar-refractivity contribution in [1.82, 2.24) is 43.6 Å². The van der Waals surface area contributed by atoms with E-state index in [1.54, 1.807) is 159 Å². The van der Waals surface area contributed by atoms with Crippen LogP contribution in [0.4, 0.5) is 51.8 Å². The molecule has 0 fully saturated rings. The minimum Gasteiger partial charge on any atom is -0.493 e. The zero-order valence-corrected chi connectivity index (χ0v) is 65.4. The standard InChI is InChI=1S/3C19H22N4O4.3C3H5N.3BF4.3Cu/c3*1-24-16-5-7-20-14(18(16)26-3)11-22-9-10-23(13-22)12-15-19(27-4)17(25-2)6-8-21-15;3*1-2-3-4;3*2-1(3,4)5;;;/h3*5-10H,11-12H2,1-4H3;3*2H2,1H3;;;;;;/q;;;;;;3*-1;3*+1. The van der Waals surface area contributed by atoms with E-state index >= 15 is 0 Å². The van der Waals surface area contributed by atoms with Gasteiger partial charge in [-0.3, -0.25) is 29.9 Å². The largest absolute Gasteiger partial charge is 1.00 e. The second-order valence-corrected chi connectivity index (χ2v) is 19.9. The number of aromatic nitrogens is 12. The monoisotopic (exact) mass is 1730 g/mol. The van der Waals surface area contributed by atoms with Crippen LogP contribution in [0.2, 0.25) is 0 Å². The van der Waals surface area contributed by atoms with Crippen molar-refractivity contribution < 1.29 is 174 Å². The molecule has 0 radical (unpaired) electrons. The molecule has 9 aromatic rings. The number of rotatable bonds is 24. The molecule has 9 rings (SSSR count). The Morgan fingerprint density at radius 1 is 0.315 bits per heavy atom. The molecule has 0 saturated heterocycles. The predicted octanol–water partition coefficient (Wildman–Crippen LogP) is 11.1. The molecule has 0 aliphatic heterocycles. The van der Waals surface area contributed by atoms with Crippen LogP contribution in [-0.4, -0.2) is 151 Å². The second kappa shape index (κ2) is 56.7. The molecule has 0 N–H and O–H groups in total. The third kappa shape index (κ3) is 41.2. The molecule has 0 spiro atoms. The Balaban J connectivity index is -0.00000133. The number of methoxy groups -OCH3 is 12. The molecule has 0 saturated carbocycles. The minimum absolute atomic E-state index is 0. The zero-order chi connectivity index (χ0) is 81.4. The van der Waals surface area contributed by atoms with Crippen LogP contribution in [0.3, 0.4) is 0 Å². The first-order valence-electron chi connectivity index (χ1n) is 31.4. The maximum atomic E-state index is 9.75.